The van der Waals surface area contributed by atoms with Crippen molar-refractivity contribution in [1.29, 1.82) is 0 Å². The maximum absolute atomic E-state index is 12.4. The van der Waals surface area contributed by atoms with E-state index in [0.717, 1.165) is 30.3 Å². The average molecular weight is 307 g/mol. The predicted molar refractivity (Wildman–Crippen MR) is 91.0 cm³/mol. The molecule has 1 heterocycles. The van der Waals surface area contributed by atoms with Crippen molar-refractivity contribution >= 4 is 23.5 Å². The number of amides is 2. The van der Waals surface area contributed by atoms with Crippen LogP contribution in [0.4, 0.5) is 10.5 Å². The number of carbonyl (C=O) groups is 1. The minimum Gasteiger partial charge on any atom is -0.320 e. The summed E-state index contributed by atoms with van der Waals surface area (Å²) in [7, 11) is 0. The maximum Gasteiger partial charge on any atom is 0.322 e. The molecule has 0 bridgehead atoms. The Bertz CT molecular complexity index is 480. The number of benzene rings is 1. The molecule has 0 aromatic heterocycles. The van der Waals surface area contributed by atoms with Gasteiger partial charge in [-0.25, -0.2) is 4.79 Å². The van der Waals surface area contributed by atoms with E-state index in [0.29, 0.717) is 6.04 Å². The number of urea groups is 1. The summed E-state index contributed by atoms with van der Waals surface area (Å²) in [5.74, 6) is 2.04. The molecular formula is C16H25N3OS. The van der Waals surface area contributed by atoms with Crippen LogP contribution < -0.4 is 10.6 Å². The van der Waals surface area contributed by atoms with Crippen LogP contribution in [0.5, 0.6) is 0 Å². The highest BCUT2D eigenvalue weighted by Gasteiger charge is 2.23. The highest BCUT2D eigenvalue weighted by molar-refractivity contribution is 7.99. The minimum atomic E-state index is 0.0102. The Hall–Kier alpha value is -1.20. The van der Waals surface area contributed by atoms with Crippen LogP contribution in [0.2, 0.25) is 0 Å². The van der Waals surface area contributed by atoms with Crippen molar-refractivity contribution in [2.75, 3.05) is 29.9 Å². The topological polar surface area (TPSA) is 44.4 Å². The molecule has 21 heavy (non-hydrogen) atoms. The lowest BCUT2D eigenvalue weighted by molar-refractivity contribution is 0.200. The van der Waals surface area contributed by atoms with Crippen LogP contribution in [0.15, 0.2) is 24.3 Å². The molecule has 2 atom stereocenters. The van der Waals surface area contributed by atoms with Gasteiger partial charge in [-0.05, 0) is 38.1 Å². The molecule has 116 valence electrons. The summed E-state index contributed by atoms with van der Waals surface area (Å²) in [5.41, 5.74) is 2.06. The molecule has 1 fully saturated rings. The third kappa shape index (κ3) is 4.38. The third-order valence-electron chi connectivity index (χ3n) is 3.78. The molecule has 0 aliphatic carbocycles. The number of thioether (sulfide) groups is 1. The lowest BCUT2D eigenvalue weighted by atomic mass is 10.1. The van der Waals surface area contributed by atoms with Gasteiger partial charge in [0.15, 0.2) is 0 Å². The highest BCUT2D eigenvalue weighted by Crippen LogP contribution is 2.20. The van der Waals surface area contributed by atoms with Crippen LogP contribution in [0, 0.1) is 0 Å². The quantitative estimate of drug-likeness (QED) is 0.897. The molecule has 0 saturated carbocycles. The monoisotopic (exact) mass is 307 g/mol. The van der Waals surface area contributed by atoms with Crippen molar-refractivity contribution in [2.45, 2.75) is 32.9 Å². The summed E-state index contributed by atoms with van der Waals surface area (Å²) in [6.07, 6.45) is 0. The third-order valence-corrected chi connectivity index (χ3v) is 4.97. The molecule has 0 spiro atoms. The van der Waals surface area contributed by atoms with Gasteiger partial charge in [0.05, 0.1) is 0 Å². The van der Waals surface area contributed by atoms with Gasteiger partial charge in [0, 0.05) is 35.8 Å². The normalized spacial score (nSPS) is 20.1. The van der Waals surface area contributed by atoms with E-state index in [2.05, 4.69) is 43.5 Å². The van der Waals surface area contributed by atoms with Crippen molar-refractivity contribution in [3.05, 3.63) is 29.8 Å². The van der Waals surface area contributed by atoms with Gasteiger partial charge in [-0.3, -0.25) is 0 Å². The Balaban J connectivity index is 2.02. The lowest BCUT2D eigenvalue weighted by Crippen LogP contribution is -2.46. The summed E-state index contributed by atoms with van der Waals surface area (Å²) in [6, 6.07) is 8.68. The molecule has 1 aromatic rings. The van der Waals surface area contributed by atoms with E-state index in [-0.39, 0.29) is 12.1 Å². The van der Waals surface area contributed by atoms with Gasteiger partial charge < -0.3 is 15.5 Å². The lowest BCUT2D eigenvalue weighted by Gasteiger charge is -2.33. The van der Waals surface area contributed by atoms with Gasteiger partial charge in [-0.1, -0.05) is 19.1 Å². The molecule has 1 saturated heterocycles. The molecule has 2 rings (SSSR count). The number of hydrogen-bond donors (Lipinski definition) is 2. The minimum absolute atomic E-state index is 0.0102. The van der Waals surface area contributed by atoms with E-state index < -0.39 is 0 Å². The molecule has 2 N–H and O–H groups in total. The average Bonchev–Trinajstić information content (AvgIpc) is 2.48. The smallest absolute Gasteiger partial charge is 0.320 e. The molecule has 2 amide bonds. The van der Waals surface area contributed by atoms with Gasteiger partial charge in [0.1, 0.15) is 0 Å². The van der Waals surface area contributed by atoms with E-state index in [1.807, 2.05) is 28.8 Å². The Morgan fingerprint density at radius 1 is 1.52 bits per heavy atom. The fraction of sp³-hybridized carbons (Fsp3) is 0.562. The molecule has 0 radical (unpaired) electrons. The first kappa shape index (κ1) is 16.2. The Morgan fingerprint density at radius 2 is 2.33 bits per heavy atom. The van der Waals surface area contributed by atoms with Crippen molar-refractivity contribution < 1.29 is 4.79 Å². The first-order valence-corrected chi connectivity index (χ1v) is 8.76. The number of nitrogens with one attached hydrogen (secondary N) is 2. The SMILES string of the molecule is CCNC(C)c1cccc(NC(=O)N2CCSCC2C)c1. The van der Waals surface area contributed by atoms with Crippen molar-refractivity contribution in [3.8, 4) is 0 Å². The molecular weight excluding hydrogens is 282 g/mol. The number of hydrogen-bond acceptors (Lipinski definition) is 3. The summed E-state index contributed by atoms with van der Waals surface area (Å²) in [5, 5.41) is 6.42. The zero-order chi connectivity index (χ0) is 15.2. The van der Waals surface area contributed by atoms with Crippen molar-refractivity contribution in [1.82, 2.24) is 10.2 Å². The summed E-state index contributed by atoms with van der Waals surface area (Å²) in [6.45, 7) is 8.09. The van der Waals surface area contributed by atoms with Crippen LogP contribution >= 0.6 is 11.8 Å². The van der Waals surface area contributed by atoms with Gasteiger partial charge in [-0.2, -0.15) is 11.8 Å². The second kappa shape index (κ2) is 7.71. The number of nitrogens with zero attached hydrogens (tertiary/aromatic N) is 1. The van der Waals surface area contributed by atoms with Crippen LogP contribution in [-0.2, 0) is 0 Å². The van der Waals surface area contributed by atoms with Crippen molar-refractivity contribution in [2.24, 2.45) is 0 Å². The first-order valence-electron chi connectivity index (χ1n) is 7.60. The fourth-order valence-corrected chi connectivity index (χ4v) is 3.55. The van der Waals surface area contributed by atoms with Crippen LogP contribution in [-0.4, -0.2) is 41.6 Å². The molecule has 5 heteroatoms. The van der Waals surface area contributed by atoms with Crippen LogP contribution in [0.3, 0.4) is 0 Å². The molecule has 2 unspecified atom stereocenters. The molecule has 1 aliphatic rings. The first-order chi connectivity index (χ1) is 10.1. The largest absolute Gasteiger partial charge is 0.322 e. The predicted octanol–water partition coefficient (Wildman–Crippen LogP) is 3.33. The summed E-state index contributed by atoms with van der Waals surface area (Å²) in [4.78, 5) is 14.3. The van der Waals surface area contributed by atoms with E-state index in [1.54, 1.807) is 0 Å². The number of carbonyl (C=O) groups excluding carboxylic acids is 1. The Labute approximate surface area is 131 Å². The van der Waals surface area contributed by atoms with Gasteiger partial charge in [0.25, 0.3) is 0 Å². The molecule has 1 aromatic carbocycles. The standard InChI is InChI=1S/C16H25N3OS/c1-4-17-13(3)14-6-5-7-15(10-14)18-16(20)19-8-9-21-11-12(19)2/h5-7,10,12-13,17H,4,8-9,11H2,1-3H3,(H,18,20). The van der Waals surface area contributed by atoms with E-state index in [9.17, 15) is 4.79 Å². The molecule has 1 aliphatic heterocycles. The summed E-state index contributed by atoms with van der Waals surface area (Å²) >= 11 is 1.91. The van der Waals surface area contributed by atoms with Crippen LogP contribution in [0.25, 0.3) is 0 Å². The Kier molecular flexibility index (Phi) is 5.94. The van der Waals surface area contributed by atoms with E-state index in [4.69, 9.17) is 0 Å². The molecule has 4 nitrogen and oxygen atoms in total. The van der Waals surface area contributed by atoms with Gasteiger partial charge in [-0.15, -0.1) is 0 Å². The fourth-order valence-electron chi connectivity index (χ4n) is 2.53. The van der Waals surface area contributed by atoms with E-state index >= 15 is 0 Å². The number of rotatable bonds is 4. The second-order valence-corrected chi connectivity index (χ2v) is 6.60. The van der Waals surface area contributed by atoms with Gasteiger partial charge >= 0.3 is 6.03 Å². The Morgan fingerprint density at radius 3 is 3.05 bits per heavy atom. The van der Waals surface area contributed by atoms with Crippen LogP contribution in [0.1, 0.15) is 32.4 Å². The van der Waals surface area contributed by atoms with E-state index in [1.165, 1.54) is 5.56 Å². The number of anilines is 1. The maximum atomic E-state index is 12.4. The van der Waals surface area contributed by atoms with Gasteiger partial charge in [0.2, 0.25) is 0 Å². The highest BCUT2D eigenvalue weighted by atomic mass is 32.2. The summed E-state index contributed by atoms with van der Waals surface area (Å²) < 4.78 is 0. The van der Waals surface area contributed by atoms with Crippen molar-refractivity contribution in [3.63, 3.8) is 0 Å². The second-order valence-electron chi connectivity index (χ2n) is 5.45. The zero-order valence-electron chi connectivity index (χ0n) is 13.1. The zero-order valence-corrected chi connectivity index (χ0v) is 13.9.